The maximum atomic E-state index is 12.0. The van der Waals surface area contributed by atoms with Crippen molar-refractivity contribution in [2.45, 2.75) is 25.8 Å². The number of aryl methyl sites for hydroxylation is 1. The van der Waals surface area contributed by atoms with Crippen LogP contribution < -0.4 is 21.3 Å². The van der Waals surface area contributed by atoms with E-state index in [-0.39, 0.29) is 17.8 Å². The molecule has 1 fully saturated rings. The molecule has 1 aliphatic rings. The van der Waals surface area contributed by atoms with Crippen molar-refractivity contribution in [1.82, 2.24) is 19.6 Å². The summed E-state index contributed by atoms with van der Waals surface area (Å²) in [6, 6.07) is 3.73. The van der Waals surface area contributed by atoms with Gasteiger partial charge in [0.1, 0.15) is 5.00 Å². The lowest BCUT2D eigenvalue weighted by molar-refractivity contribution is 0.0996. The van der Waals surface area contributed by atoms with E-state index >= 15 is 0 Å². The van der Waals surface area contributed by atoms with Crippen LogP contribution in [0.2, 0.25) is 0 Å². The number of rotatable bonds is 5. The average Bonchev–Trinajstić information content (AvgIpc) is 3.06. The van der Waals surface area contributed by atoms with Gasteiger partial charge >= 0.3 is 6.03 Å². The van der Waals surface area contributed by atoms with E-state index in [4.69, 9.17) is 5.73 Å². The largest absolute Gasteiger partial charge is 0.368 e. The van der Waals surface area contributed by atoms with E-state index in [2.05, 4.69) is 24.9 Å². The number of urea groups is 1. The van der Waals surface area contributed by atoms with Gasteiger partial charge in [0.05, 0.1) is 23.3 Å². The van der Waals surface area contributed by atoms with Crippen molar-refractivity contribution in [2.75, 3.05) is 37.4 Å². The summed E-state index contributed by atoms with van der Waals surface area (Å²) in [5.74, 6) is -0.593. The molecule has 1 aliphatic heterocycles. The van der Waals surface area contributed by atoms with Crippen molar-refractivity contribution in [3.63, 3.8) is 0 Å². The van der Waals surface area contributed by atoms with Gasteiger partial charge in [0.2, 0.25) is 0 Å². The molecule has 9 nitrogen and oxygen atoms in total. The number of piperidine rings is 1. The van der Waals surface area contributed by atoms with Crippen LogP contribution in [0.3, 0.4) is 0 Å². The van der Waals surface area contributed by atoms with Crippen molar-refractivity contribution in [3.05, 3.63) is 29.7 Å². The van der Waals surface area contributed by atoms with Crippen LogP contribution in [0.15, 0.2) is 18.3 Å². The van der Waals surface area contributed by atoms with Crippen LogP contribution in [0.25, 0.3) is 0 Å². The number of pyridine rings is 1. The lowest BCUT2D eigenvalue weighted by atomic mass is 10.1. The van der Waals surface area contributed by atoms with Crippen molar-refractivity contribution in [3.8, 4) is 0 Å². The molecule has 3 heterocycles. The lowest BCUT2D eigenvalue weighted by Crippen LogP contribution is -2.50. The maximum Gasteiger partial charge on any atom is 0.317 e. The zero-order chi connectivity index (χ0) is 20.3. The number of hydrogen-bond acceptors (Lipinski definition) is 7. The maximum absolute atomic E-state index is 12.0. The van der Waals surface area contributed by atoms with E-state index in [1.807, 2.05) is 19.1 Å². The van der Waals surface area contributed by atoms with Gasteiger partial charge in [-0.15, -0.1) is 0 Å². The number of anilines is 3. The molecule has 0 aliphatic carbocycles. The molecule has 0 bridgehead atoms. The Morgan fingerprint density at radius 2 is 2.14 bits per heavy atom. The molecular weight excluding hydrogens is 378 g/mol. The highest BCUT2D eigenvalue weighted by molar-refractivity contribution is 7.10. The highest BCUT2D eigenvalue weighted by atomic mass is 32.1. The fourth-order valence-corrected chi connectivity index (χ4v) is 3.78. The molecule has 0 unspecified atom stereocenters. The first-order chi connectivity index (χ1) is 13.3. The first kappa shape index (κ1) is 19.9. The number of nitrogens with two attached hydrogens (primary N) is 1. The number of carbonyl (C=O) groups excluding carboxylic acids is 2. The quantitative estimate of drug-likeness (QED) is 0.702. The molecule has 3 amide bonds. The molecule has 2 aromatic rings. The van der Waals surface area contributed by atoms with E-state index in [0.717, 1.165) is 35.8 Å². The van der Waals surface area contributed by atoms with E-state index < -0.39 is 5.91 Å². The van der Waals surface area contributed by atoms with Crippen LogP contribution in [-0.4, -0.2) is 59.4 Å². The first-order valence-electron chi connectivity index (χ1n) is 9.06. The standard InChI is InChI=1S/C18H25N7O2S/c1-11-7-15(28-23-11)22-14-8-13(9-20-16(14)17(19)26)25-6-4-5-12(10-25)21-18(27)24(2)3/h7-9,12,22H,4-6,10H2,1-3H3,(H2,19,26)(H,21,27)/t12-/m1/s1. The third kappa shape index (κ3) is 4.69. The van der Waals surface area contributed by atoms with Crippen molar-refractivity contribution in [1.29, 1.82) is 0 Å². The Labute approximate surface area is 168 Å². The number of primary amides is 1. The Morgan fingerprint density at radius 3 is 2.79 bits per heavy atom. The van der Waals surface area contributed by atoms with Gasteiger partial charge < -0.3 is 26.2 Å². The van der Waals surface area contributed by atoms with E-state index in [1.165, 1.54) is 16.4 Å². The molecule has 0 saturated carbocycles. The zero-order valence-corrected chi connectivity index (χ0v) is 17.0. The smallest absolute Gasteiger partial charge is 0.317 e. The number of hydrogen-bond donors (Lipinski definition) is 3. The summed E-state index contributed by atoms with van der Waals surface area (Å²) in [5.41, 5.74) is 7.99. The molecular formula is C18H25N7O2S. The van der Waals surface area contributed by atoms with E-state index in [9.17, 15) is 9.59 Å². The first-order valence-corrected chi connectivity index (χ1v) is 9.84. The van der Waals surface area contributed by atoms with E-state index in [1.54, 1.807) is 20.3 Å². The fraction of sp³-hybridized carbons (Fsp3) is 0.444. The third-order valence-electron chi connectivity index (χ3n) is 4.51. The zero-order valence-electron chi connectivity index (χ0n) is 16.2. The lowest BCUT2D eigenvalue weighted by Gasteiger charge is -2.35. The molecule has 0 radical (unpaired) electrons. The second kappa shape index (κ2) is 8.42. The number of amides is 3. The van der Waals surface area contributed by atoms with Gasteiger partial charge in [0.25, 0.3) is 5.91 Å². The topological polar surface area (TPSA) is 116 Å². The summed E-state index contributed by atoms with van der Waals surface area (Å²) in [6.07, 6.45) is 3.53. The molecule has 10 heteroatoms. The van der Waals surface area contributed by atoms with Crippen molar-refractivity contribution >= 4 is 39.8 Å². The van der Waals surface area contributed by atoms with Crippen molar-refractivity contribution < 1.29 is 9.59 Å². The van der Waals surface area contributed by atoms with Crippen LogP contribution in [0.5, 0.6) is 0 Å². The molecule has 1 saturated heterocycles. The van der Waals surface area contributed by atoms with Crippen molar-refractivity contribution in [2.24, 2.45) is 5.73 Å². The summed E-state index contributed by atoms with van der Waals surface area (Å²) < 4.78 is 4.24. The monoisotopic (exact) mass is 403 g/mol. The number of carbonyl (C=O) groups is 2. The Morgan fingerprint density at radius 1 is 1.36 bits per heavy atom. The highest BCUT2D eigenvalue weighted by Crippen LogP contribution is 2.28. The minimum Gasteiger partial charge on any atom is -0.368 e. The van der Waals surface area contributed by atoms with Crippen LogP contribution in [-0.2, 0) is 0 Å². The summed E-state index contributed by atoms with van der Waals surface area (Å²) in [4.78, 5) is 31.7. The molecule has 2 aromatic heterocycles. The van der Waals surface area contributed by atoms with Gasteiger partial charge in [-0.3, -0.25) is 4.79 Å². The fourth-order valence-electron chi connectivity index (χ4n) is 3.11. The summed E-state index contributed by atoms with van der Waals surface area (Å²) in [6.45, 7) is 3.43. The van der Waals surface area contributed by atoms with Gasteiger partial charge in [-0.2, -0.15) is 4.37 Å². The third-order valence-corrected chi connectivity index (χ3v) is 5.31. The minimum absolute atomic E-state index is 0.0556. The normalized spacial score (nSPS) is 16.5. The SMILES string of the molecule is Cc1cc(Nc2cc(N3CCC[C@@H](NC(=O)N(C)C)C3)cnc2C(N)=O)sn1. The summed E-state index contributed by atoms with van der Waals surface area (Å²) in [7, 11) is 3.45. The predicted octanol–water partition coefficient (Wildman–Crippen LogP) is 1.93. The highest BCUT2D eigenvalue weighted by Gasteiger charge is 2.23. The van der Waals surface area contributed by atoms with Gasteiger partial charge in [-0.25, -0.2) is 9.78 Å². The van der Waals surface area contributed by atoms with Crippen LogP contribution in [0.1, 0.15) is 29.0 Å². The molecule has 3 rings (SSSR count). The van der Waals surface area contributed by atoms with Gasteiger partial charge in [0, 0.05) is 33.2 Å². The Hall–Kier alpha value is -2.88. The molecule has 28 heavy (non-hydrogen) atoms. The number of nitrogens with one attached hydrogen (secondary N) is 2. The summed E-state index contributed by atoms with van der Waals surface area (Å²) in [5, 5.41) is 7.05. The molecule has 1 atom stereocenters. The van der Waals surface area contributed by atoms with Gasteiger partial charge in [0.15, 0.2) is 5.69 Å². The summed E-state index contributed by atoms with van der Waals surface area (Å²) >= 11 is 1.31. The number of nitrogens with zero attached hydrogens (tertiary/aromatic N) is 4. The Kier molecular flexibility index (Phi) is 5.98. The second-order valence-corrected chi connectivity index (χ2v) is 7.85. The molecule has 0 spiro atoms. The second-order valence-electron chi connectivity index (χ2n) is 7.04. The molecule has 150 valence electrons. The Bertz CT molecular complexity index is 867. The Balaban J connectivity index is 1.80. The van der Waals surface area contributed by atoms with Crippen LogP contribution in [0.4, 0.5) is 21.2 Å². The molecule has 0 aromatic carbocycles. The van der Waals surface area contributed by atoms with Crippen LogP contribution in [0, 0.1) is 6.92 Å². The predicted molar refractivity (Wildman–Crippen MR) is 110 cm³/mol. The minimum atomic E-state index is -0.593. The van der Waals surface area contributed by atoms with E-state index in [0.29, 0.717) is 12.2 Å². The van der Waals surface area contributed by atoms with Crippen LogP contribution >= 0.6 is 11.5 Å². The average molecular weight is 404 g/mol. The van der Waals surface area contributed by atoms with Gasteiger partial charge in [-0.1, -0.05) is 0 Å². The van der Waals surface area contributed by atoms with Gasteiger partial charge in [-0.05, 0) is 43.4 Å². The number of aromatic nitrogens is 2. The molecule has 4 N–H and O–H groups in total.